The third-order valence-electron chi connectivity index (χ3n) is 5.90. The molecule has 1 saturated heterocycles. The summed E-state index contributed by atoms with van der Waals surface area (Å²) >= 11 is 0. The molecule has 1 heterocycles. The van der Waals surface area contributed by atoms with E-state index in [4.69, 9.17) is 4.74 Å². The van der Waals surface area contributed by atoms with E-state index in [0.717, 1.165) is 11.1 Å². The number of carbonyl (C=O) groups is 1. The highest BCUT2D eigenvalue weighted by molar-refractivity contribution is 7.89. The summed E-state index contributed by atoms with van der Waals surface area (Å²) in [6, 6.07) is 14.7. The summed E-state index contributed by atoms with van der Waals surface area (Å²) in [7, 11) is -3.52. The Morgan fingerprint density at radius 3 is 2.06 bits per heavy atom. The topological polar surface area (TPSA) is 87.7 Å². The van der Waals surface area contributed by atoms with Crippen molar-refractivity contribution in [3.8, 4) is 0 Å². The van der Waals surface area contributed by atoms with Gasteiger partial charge in [-0.3, -0.25) is 0 Å². The fourth-order valence-corrected chi connectivity index (χ4v) is 5.22. The molecule has 180 valence electrons. The van der Waals surface area contributed by atoms with Crippen molar-refractivity contribution in [2.24, 2.45) is 5.92 Å². The summed E-state index contributed by atoms with van der Waals surface area (Å²) in [5.41, 5.74) is 3.17. The Kier molecular flexibility index (Phi) is 8.51. The second kappa shape index (κ2) is 11.1. The molecule has 2 N–H and O–H groups in total. The standard InChI is InChI=1S/C25H35N3O4S/c1-18(2)21-7-9-22(10-8-21)24(19(3)4)27-25(29)26-17-20-5-11-23(12-6-20)33(30,31)28-13-15-32-16-14-28/h5-12,18-19,24H,13-17H2,1-4H3,(H2,26,27,29)/t24-/m1/s1. The maximum Gasteiger partial charge on any atom is 0.315 e. The van der Waals surface area contributed by atoms with Gasteiger partial charge >= 0.3 is 6.03 Å². The number of ether oxygens (including phenoxy) is 1. The number of sulfonamides is 1. The Bertz CT molecular complexity index is 1010. The number of rotatable bonds is 8. The number of hydrogen-bond donors (Lipinski definition) is 2. The lowest BCUT2D eigenvalue weighted by Gasteiger charge is -2.26. The summed E-state index contributed by atoms with van der Waals surface area (Å²) in [5.74, 6) is 0.688. The molecule has 0 spiro atoms. The zero-order chi connectivity index (χ0) is 24.0. The lowest BCUT2D eigenvalue weighted by atomic mass is 9.93. The summed E-state index contributed by atoms with van der Waals surface area (Å²) in [4.78, 5) is 12.8. The van der Waals surface area contributed by atoms with Crippen LogP contribution in [0.4, 0.5) is 4.79 Å². The monoisotopic (exact) mass is 473 g/mol. The summed E-state index contributed by atoms with van der Waals surface area (Å²) in [5, 5.41) is 5.94. The van der Waals surface area contributed by atoms with Crippen molar-refractivity contribution in [1.82, 2.24) is 14.9 Å². The highest BCUT2D eigenvalue weighted by Crippen LogP contribution is 2.24. The quantitative estimate of drug-likeness (QED) is 0.606. The van der Waals surface area contributed by atoms with Gasteiger partial charge in [-0.15, -0.1) is 0 Å². The molecule has 0 aromatic heterocycles. The van der Waals surface area contributed by atoms with Crippen LogP contribution in [0.15, 0.2) is 53.4 Å². The van der Waals surface area contributed by atoms with Crippen LogP contribution in [0.2, 0.25) is 0 Å². The molecular weight excluding hydrogens is 438 g/mol. The molecule has 7 nitrogen and oxygen atoms in total. The number of hydrogen-bond acceptors (Lipinski definition) is 4. The maximum absolute atomic E-state index is 12.7. The minimum atomic E-state index is -3.52. The smallest absolute Gasteiger partial charge is 0.315 e. The molecule has 33 heavy (non-hydrogen) atoms. The van der Waals surface area contributed by atoms with Crippen molar-refractivity contribution in [3.63, 3.8) is 0 Å². The Morgan fingerprint density at radius 1 is 0.939 bits per heavy atom. The number of urea groups is 1. The molecule has 0 unspecified atom stereocenters. The van der Waals surface area contributed by atoms with Gasteiger partial charge in [0.1, 0.15) is 0 Å². The van der Waals surface area contributed by atoms with Crippen molar-refractivity contribution in [3.05, 3.63) is 65.2 Å². The molecule has 1 fully saturated rings. The van der Waals surface area contributed by atoms with Crippen LogP contribution in [0.25, 0.3) is 0 Å². The molecular formula is C25H35N3O4S. The fraction of sp³-hybridized carbons (Fsp3) is 0.480. The van der Waals surface area contributed by atoms with Crippen LogP contribution in [-0.4, -0.2) is 45.1 Å². The maximum atomic E-state index is 12.7. The number of nitrogens with one attached hydrogen (secondary N) is 2. The molecule has 8 heteroatoms. The average Bonchev–Trinajstić information content (AvgIpc) is 2.82. The van der Waals surface area contributed by atoms with E-state index in [-0.39, 0.29) is 22.9 Å². The number of benzene rings is 2. The van der Waals surface area contributed by atoms with Gasteiger partial charge in [0.15, 0.2) is 0 Å². The Labute approximate surface area is 197 Å². The summed E-state index contributed by atoms with van der Waals surface area (Å²) in [6.45, 7) is 10.3. The highest BCUT2D eigenvalue weighted by atomic mass is 32.2. The molecule has 2 aromatic carbocycles. The predicted molar refractivity (Wildman–Crippen MR) is 130 cm³/mol. The second-order valence-electron chi connectivity index (χ2n) is 9.03. The first-order chi connectivity index (χ1) is 15.7. The normalized spacial score (nSPS) is 16.1. The third-order valence-corrected chi connectivity index (χ3v) is 7.81. The van der Waals surface area contributed by atoms with E-state index in [2.05, 4.69) is 62.6 Å². The summed E-state index contributed by atoms with van der Waals surface area (Å²) in [6.07, 6.45) is 0. The van der Waals surface area contributed by atoms with Gasteiger partial charge in [-0.05, 0) is 40.7 Å². The van der Waals surface area contributed by atoms with Crippen molar-refractivity contribution >= 4 is 16.1 Å². The molecule has 0 bridgehead atoms. The van der Waals surface area contributed by atoms with Gasteiger partial charge in [-0.2, -0.15) is 4.31 Å². The molecule has 3 rings (SSSR count). The minimum Gasteiger partial charge on any atom is -0.379 e. The second-order valence-corrected chi connectivity index (χ2v) is 11.0. The van der Waals surface area contributed by atoms with Gasteiger partial charge in [-0.25, -0.2) is 13.2 Å². The van der Waals surface area contributed by atoms with Crippen LogP contribution in [-0.2, 0) is 21.3 Å². The fourth-order valence-electron chi connectivity index (χ4n) is 3.81. The number of carbonyl (C=O) groups excluding carboxylic acids is 1. The number of morpholine rings is 1. The van der Waals surface area contributed by atoms with Crippen LogP contribution < -0.4 is 10.6 Å². The predicted octanol–water partition coefficient (Wildman–Crippen LogP) is 4.03. The van der Waals surface area contributed by atoms with Crippen LogP contribution >= 0.6 is 0 Å². The molecule has 0 radical (unpaired) electrons. The number of nitrogens with zero attached hydrogens (tertiary/aromatic N) is 1. The van der Waals surface area contributed by atoms with Gasteiger partial charge in [-0.1, -0.05) is 64.1 Å². The van der Waals surface area contributed by atoms with E-state index >= 15 is 0 Å². The van der Waals surface area contributed by atoms with Gasteiger partial charge in [0.25, 0.3) is 0 Å². The highest BCUT2D eigenvalue weighted by Gasteiger charge is 2.26. The zero-order valence-electron chi connectivity index (χ0n) is 19.9. The van der Waals surface area contributed by atoms with E-state index in [1.807, 2.05) is 0 Å². The molecule has 0 saturated carbocycles. The first-order valence-corrected chi connectivity index (χ1v) is 12.9. The Hall–Kier alpha value is -2.42. The van der Waals surface area contributed by atoms with Gasteiger partial charge in [0, 0.05) is 19.6 Å². The first-order valence-electron chi connectivity index (χ1n) is 11.5. The summed E-state index contributed by atoms with van der Waals surface area (Å²) < 4.78 is 32.1. The van der Waals surface area contributed by atoms with E-state index in [0.29, 0.717) is 38.8 Å². The lowest BCUT2D eigenvalue weighted by molar-refractivity contribution is 0.0730. The molecule has 1 atom stereocenters. The molecule has 1 aliphatic rings. The van der Waals surface area contributed by atoms with Crippen molar-refractivity contribution in [2.75, 3.05) is 26.3 Å². The molecule has 0 aliphatic carbocycles. The molecule has 2 aromatic rings. The Morgan fingerprint density at radius 2 is 1.52 bits per heavy atom. The van der Waals surface area contributed by atoms with E-state index < -0.39 is 10.0 Å². The van der Waals surface area contributed by atoms with E-state index in [1.54, 1.807) is 24.3 Å². The van der Waals surface area contributed by atoms with Gasteiger partial charge in [0.2, 0.25) is 10.0 Å². The molecule has 2 amide bonds. The molecule has 1 aliphatic heterocycles. The SMILES string of the molecule is CC(C)c1ccc([C@H](NC(=O)NCc2ccc(S(=O)(=O)N3CCOCC3)cc2)C(C)C)cc1. The van der Waals surface area contributed by atoms with Crippen molar-refractivity contribution < 1.29 is 17.9 Å². The van der Waals surface area contributed by atoms with Crippen molar-refractivity contribution in [2.45, 2.75) is 51.1 Å². The largest absolute Gasteiger partial charge is 0.379 e. The average molecular weight is 474 g/mol. The van der Waals surface area contributed by atoms with Crippen LogP contribution in [0.1, 0.15) is 56.3 Å². The van der Waals surface area contributed by atoms with E-state index in [1.165, 1.54) is 9.87 Å². The van der Waals surface area contributed by atoms with E-state index in [9.17, 15) is 13.2 Å². The number of amides is 2. The van der Waals surface area contributed by atoms with Crippen LogP contribution in [0.3, 0.4) is 0 Å². The first kappa shape index (κ1) is 25.2. The minimum absolute atomic E-state index is 0.104. The van der Waals surface area contributed by atoms with Gasteiger partial charge in [0.05, 0.1) is 24.2 Å². The van der Waals surface area contributed by atoms with Gasteiger partial charge < -0.3 is 15.4 Å². The zero-order valence-corrected chi connectivity index (χ0v) is 20.7. The lowest BCUT2D eigenvalue weighted by Crippen LogP contribution is -2.40. The van der Waals surface area contributed by atoms with Crippen molar-refractivity contribution in [1.29, 1.82) is 0 Å². The Balaban J connectivity index is 1.58. The van der Waals surface area contributed by atoms with Crippen LogP contribution in [0, 0.1) is 5.92 Å². The third kappa shape index (κ3) is 6.56. The van der Waals surface area contributed by atoms with Crippen LogP contribution in [0.5, 0.6) is 0 Å².